The van der Waals surface area contributed by atoms with E-state index >= 15 is 0 Å². The lowest BCUT2D eigenvalue weighted by Crippen LogP contribution is -2.48. The summed E-state index contributed by atoms with van der Waals surface area (Å²) in [5, 5.41) is 4.72. The minimum Gasteiger partial charge on any atom is -0.381 e. The van der Waals surface area contributed by atoms with Crippen LogP contribution in [0.4, 0.5) is 0 Å². The number of thioether (sulfide) groups is 1. The van der Waals surface area contributed by atoms with Gasteiger partial charge in [0.25, 0.3) is 0 Å². The zero-order chi connectivity index (χ0) is 13.1. The molecule has 1 unspecified atom stereocenters. The molecule has 6 heteroatoms. The molecule has 3 rings (SSSR count). The predicted octanol–water partition coefficient (Wildman–Crippen LogP) is 0.559. The maximum absolute atomic E-state index is 5.74. The monoisotopic (exact) mass is 285 g/mol. The molecule has 3 heterocycles. The van der Waals surface area contributed by atoms with E-state index in [9.17, 15) is 0 Å². The summed E-state index contributed by atoms with van der Waals surface area (Å²) in [4.78, 5) is 7.02. The summed E-state index contributed by atoms with van der Waals surface area (Å²) < 4.78 is 11.2. The lowest BCUT2D eigenvalue weighted by Gasteiger charge is -2.32. The summed E-state index contributed by atoms with van der Waals surface area (Å²) in [5.74, 6) is 1.13. The highest BCUT2D eigenvalue weighted by Crippen LogP contribution is 2.31. The predicted molar refractivity (Wildman–Crippen MR) is 77.9 cm³/mol. The fraction of sp³-hybridized carbons (Fsp3) is 0.923. The van der Waals surface area contributed by atoms with Gasteiger partial charge in [-0.2, -0.15) is 0 Å². The van der Waals surface area contributed by atoms with E-state index < -0.39 is 0 Å². The number of aliphatic imine (C=N–C) groups is 1. The van der Waals surface area contributed by atoms with Crippen LogP contribution >= 0.6 is 11.8 Å². The van der Waals surface area contributed by atoms with Crippen molar-refractivity contribution in [3.8, 4) is 0 Å². The number of hydrogen-bond donors (Lipinski definition) is 1. The lowest BCUT2D eigenvalue weighted by atomic mass is 9.93. The number of nitrogens with one attached hydrogen (secondary N) is 1. The van der Waals surface area contributed by atoms with E-state index in [-0.39, 0.29) is 11.6 Å². The zero-order valence-corrected chi connectivity index (χ0v) is 12.4. The Morgan fingerprint density at radius 1 is 1.42 bits per heavy atom. The van der Waals surface area contributed by atoms with Crippen molar-refractivity contribution in [1.29, 1.82) is 0 Å². The van der Waals surface area contributed by atoms with Crippen molar-refractivity contribution in [3.63, 3.8) is 0 Å². The number of hydrogen-bond acceptors (Lipinski definition) is 5. The summed E-state index contributed by atoms with van der Waals surface area (Å²) in [7, 11) is 2.14. The summed E-state index contributed by atoms with van der Waals surface area (Å²) in [6.45, 7) is 5.36. The Morgan fingerprint density at radius 3 is 3.05 bits per heavy atom. The van der Waals surface area contributed by atoms with Gasteiger partial charge >= 0.3 is 0 Å². The first-order valence-electron chi connectivity index (χ1n) is 7.09. The molecule has 5 nitrogen and oxygen atoms in total. The molecule has 1 spiro atoms. The third-order valence-electron chi connectivity index (χ3n) is 4.09. The molecule has 0 aromatic heterocycles. The fourth-order valence-electron chi connectivity index (χ4n) is 2.78. The molecule has 3 aliphatic rings. The molecule has 3 saturated heterocycles. The van der Waals surface area contributed by atoms with Crippen LogP contribution < -0.4 is 5.32 Å². The molecule has 108 valence electrons. The van der Waals surface area contributed by atoms with Crippen molar-refractivity contribution in [2.75, 3.05) is 52.3 Å². The van der Waals surface area contributed by atoms with Crippen LogP contribution in [-0.4, -0.2) is 74.0 Å². The molecule has 0 radical (unpaired) electrons. The molecule has 0 aromatic rings. The van der Waals surface area contributed by atoms with E-state index in [4.69, 9.17) is 14.5 Å². The third-order valence-corrected chi connectivity index (χ3v) is 5.29. The minimum atomic E-state index is 0.242. The Morgan fingerprint density at radius 2 is 2.26 bits per heavy atom. The van der Waals surface area contributed by atoms with Gasteiger partial charge in [0.2, 0.25) is 0 Å². The highest BCUT2D eigenvalue weighted by atomic mass is 32.2. The lowest BCUT2D eigenvalue weighted by molar-refractivity contribution is -0.0136. The van der Waals surface area contributed by atoms with Crippen molar-refractivity contribution < 1.29 is 9.47 Å². The summed E-state index contributed by atoms with van der Waals surface area (Å²) in [6, 6.07) is 0. The van der Waals surface area contributed by atoms with Gasteiger partial charge in [0.15, 0.2) is 5.17 Å². The Hall–Kier alpha value is -0.300. The van der Waals surface area contributed by atoms with Gasteiger partial charge in [0.05, 0.1) is 24.8 Å². The maximum atomic E-state index is 5.74. The van der Waals surface area contributed by atoms with E-state index in [1.165, 1.54) is 0 Å². The molecule has 1 atom stereocenters. The Balaban J connectivity index is 1.51. The first-order chi connectivity index (χ1) is 9.26. The van der Waals surface area contributed by atoms with Crippen LogP contribution in [0.1, 0.15) is 12.8 Å². The van der Waals surface area contributed by atoms with E-state index in [1.54, 1.807) is 0 Å². The average molecular weight is 285 g/mol. The van der Waals surface area contributed by atoms with Crippen molar-refractivity contribution >= 4 is 16.9 Å². The summed E-state index contributed by atoms with van der Waals surface area (Å²) in [6.07, 6.45) is 2.45. The van der Waals surface area contributed by atoms with Gasteiger partial charge in [-0.3, -0.25) is 4.99 Å². The van der Waals surface area contributed by atoms with Crippen LogP contribution in [0, 0.1) is 0 Å². The summed E-state index contributed by atoms with van der Waals surface area (Å²) >= 11 is 1.85. The second-order valence-electron chi connectivity index (χ2n) is 5.71. The Kier molecular flexibility index (Phi) is 4.31. The van der Waals surface area contributed by atoms with E-state index in [0.717, 1.165) is 63.2 Å². The molecule has 3 fully saturated rings. The van der Waals surface area contributed by atoms with Crippen LogP contribution in [0.2, 0.25) is 0 Å². The van der Waals surface area contributed by atoms with E-state index in [0.29, 0.717) is 0 Å². The molecule has 0 bridgehead atoms. The molecular formula is C13H23N3O2S. The topological polar surface area (TPSA) is 46.1 Å². The van der Waals surface area contributed by atoms with Gasteiger partial charge in [0, 0.05) is 32.1 Å². The molecule has 0 amide bonds. The van der Waals surface area contributed by atoms with Crippen molar-refractivity contribution in [2.24, 2.45) is 4.99 Å². The van der Waals surface area contributed by atoms with Crippen LogP contribution in [-0.2, 0) is 9.47 Å². The van der Waals surface area contributed by atoms with E-state index in [1.807, 2.05) is 11.8 Å². The van der Waals surface area contributed by atoms with Crippen LogP contribution in [0.15, 0.2) is 4.99 Å². The first-order valence-corrected chi connectivity index (χ1v) is 8.08. The Labute approximate surface area is 119 Å². The number of amidine groups is 1. The van der Waals surface area contributed by atoms with Gasteiger partial charge in [-0.05, 0) is 19.9 Å². The molecule has 0 aromatic carbocycles. The third kappa shape index (κ3) is 3.42. The second kappa shape index (κ2) is 5.99. The standard InChI is InChI=1S/C13H23N3O2S/c1-16-4-7-18-11(9-16)8-14-12-15-13(10-19-12)2-5-17-6-3-13/h11H,2-10H2,1H3,(H,14,15). The second-order valence-corrected chi connectivity index (χ2v) is 6.67. The number of morpholine rings is 1. The highest BCUT2D eigenvalue weighted by Gasteiger charge is 2.38. The smallest absolute Gasteiger partial charge is 0.157 e. The molecule has 0 saturated carbocycles. The van der Waals surface area contributed by atoms with Crippen LogP contribution in [0.25, 0.3) is 0 Å². The van der Waals surface area contributed by atoms with Gasteiger partial charge in [-0.25, -0.2) is 0 Å². The number of ether oxygens (including phenoxy) is 2. The van der Waals surface area contributed by atoms with Crippen molar-refractivity contribution in [2.45, 2.75) is 24.5 Å². The van der Waals surface area contributed by atoms with Crippen LogP contribution in [0.3, 0.4) is 0 Å². The quantitative estimate of drug-likeness (QED) is 0.803. The highest BCUT2D eigenvalue weighted by molar-refractivity contribution is 8.14. The van der Waals surface area contributed by atoms with Crippen molar-refractivity contribution in [3.05, 3.63) is 0 Å². The van der Waals surface area contributed by atoms with Crippen LogP contribution in [0.5, 0.6) is 0 Å². The molecule has 19 heavy (non-hydrogen) atoms. The maximum Gasteiger partial charge on any atom is 0.157 e. The first kappa shape index (κ1) is 13.7. The fourth-order valence-corrected chi connectivity index (χ4v) is 4.01. The minimum absolute atomic E-state index is 0.242. The van der Waals surface area contributed by atoms with Gasteiger partial charge < -0.3 is 19.7 Å². The molecular weight excluding hydrogens is 262 g/mol. The largest absolute Gasteiger partial charge is 0.381 e. The van der Waals surface area contributed by atoms with Gasteiger partial charge in [0.1, 0.15) is 0 Å². The van der Waals surface area contributed by atoms with Crippen molar-refractivity contribution in [1.82, 2.24) is 10.2 Å². The average Bonchev–Trinajstić information content (AvgIpc) is 2.80. The number of likely N-dealkylation sites (N-methyl/N-ethyl adjacent to an activating group) is 1. The molecule has 0 aliphatic carbocycles. The molecule has 1 N–H and O–H groups in total. The normalized spacial score (nSPS) is 33.7. The van der Waals surface area contributed by atoms with Gasteiger partial charge in [-0.1, -0.05) is 11.8 Å². The molecule has 3 aliphatic heterocycles. The Bertz CT molecular complexity index is 345. The summed E-state index contributed by atoms with van der Waals surface area (Å²) in [5.41, 5.74) is 0.242. The number of nitrogens with zero attached hydrogens (tertiary/aromatic N) is 2. The SMILES string of the molecule is CN1CCOC(CN=C2NC3(CCOCC3)CS2)C1. The number of rotatable bonds is 2. The van der Waals surface area contributed by atoms with E-state index in [2.05, 4.69) is 17.3 Å². The van der Waals surface area contributed by atoms with Gasteiger partial charge in [-0.15, -0.1) is 0 Å². The zero-order valence-electron chi connectivity index (χ0n) is 11.6.